The number of benzene rings is 1. The van der Waals surface area contributed by atoms with E-state index < -0.39 is 53.7 Å². The van der Waals surface area contributed by atoms with E-state index in [1.807, 2.05) is 58.1 Å². The molecule has 2 fully saturated rings. The third-order valence-corrected chi connectivity index (χ3v) is 9.71. The maximum absolute atomic E-state index is 13.9. The molecular weight excluding hydrogens is 602 g/mol. The molecule has 248 valence electrons. The standard InChI is InChI=1S/C33H46ClN3O8/c1-18-11-10-12-25(42-9)32(4)17-24(43-31(40)36-32)19(2)29-33(5,45-29)26(44-30(39)20(3)35-6)16-27(38)37(7)22-14-21(13-18)15-23(41-8)28(22)34/h10-12,14-15,19-20,24-26,29,35H,13,16-17H2,1-9H3,(H,36,40)/b12-10+,18-11+/t19-,20+,24+,25-,26+,29+,32-,33+/m1/s1. The molecular formula is C33H46ClN3O8. The minimum atomic E-state index is -1.01. The number of rotatable bonds is 5. The molecule has 0 radical (unpaired) electrons. The Hall–Kier alpha value is -3.12. The highest BCUT2D eigenvalue weighted by Gasteiger charge is 2.64. The van der Waals surface area contributed by atoms with Crippen LogP contribution in [0, 0.1) is 5.92 Å². The Balaban J connectivity index is 1.80. The number of hydrogen-bond donors (Lipinski definition) is 2. The molecule has 1 aromatic carbocycles. The Kier molecular flexibility index (Phi) is 10.6. The smallest absolute Gasteiger partial charge is 0.407 e. The number of nitrogens with one attached hydrogen (secondary N) is 2. The van der Waals surface area contributed by atoms with Gasteiger partial charge in [-0.1, -0.05) is 42.3 Å². The Morgan fingerprint density at radius 3 is 2.60 bits per heavy atom. The second-order valence-electron chi connectivity index (χ2n) is 12.7. The molecule has 2 N–H and O–H groups in total. The lowest BCUT2D eigenvalue weighted by molar-refractivity contribution is -0.155. The van der Waals surface area contributed by atoms with E-state index in [-0.39, 0.29) is 18.2 Å². The first-order chi connectivity index (χ1) is 21.2. The Labute approximate surface area is 270 Å². The number of alkyl carbamates (subject to hydrolysis) is 1. The van der Waals surface area contributed by atoms with Crippen molar-refractivity contribution in [3.63, 3.8) is 0 Å². The first-order valence-corrected chi connectivity index (χ1v) is 15.6. The second kappa shape index (κ2) is 13.7. The fourth-order valence-corrected chi connectivity index (χ4v) is 6.56. The van der Waals surface area contributed by atoms with Crippen LogP contribution in [0.5, 0.6) is 5.75 Å². The molecule has 2 amide bonds. The molecule has 11 nitrogen and oxygen atoms in total. The van der Waals surface area contributed by atoms with Crippen LogP contribution in [0.2, 0.25) is 5.02 Å². The number of methoxy groups -OCH3 is 2. The molecule has 8 atom stereocenters. The van der Waals surface area contributed by atoms with Gasteiger partial charge >= 0.3 is 12.1 Å². The summed E-state index contributed by atoms with van der Waals surface area (Å²) < 4.78 is 29.4. The number of carbonyl (C=O) groups is 3. The summed E-state index contributed by atoms with van der Waals surface area (Å²) in [7, 11) is 6.42. The average Bonchev–Trinajstić information content (AvgIpc) is 3.69. The van der Waals surface area contributed by atoms with Gasteiger partial charge in [0.05, 0.1) is 37.0 Å². The van der Waals surface area contributed by atoms with Gasteiger partial charge in [-0.15, -0.1) is 0 Å². The predicted molar refractivity (Wildman–Crippen MR) is 171 cm³/mol. The van der Waals surface area contributed by atoms with Gasteiger partial charge in [0.2, 0.25) is 5.91 Å². The van der Waals surface area contributed by atoms with Crippen molar-refractivity contribution in [1.29, 1.82) is 0 Å². The van der Waals surface area contributed by atoms with Crippen LogP contribution in [0.1, 0.15) is 53.0 Å². The monoisotopic (exact) mass is 647 g/mol. The lowest BCUT2D eigenvalue weighted by Crippen LogP contribution is -2.61. The van der Waals surface area contributed by atoms with E-state index in [4.69, 9.17) is 35.3 Å². The van der Waals surface area contributed by atoms with Gasteiger partial charge in [-0.25, -0.2) is 4.79 Å². The summed E-state index contributed by atoms with van der Waals surface area (Å²) in [5.41, 5.74) is 0.600. The van der Waals surface area contributed by atoms with Gasteiger partial charge in [0, 0.05) is 26.5 Å². The minimum Gasteiger partial charge on any atom is -0.495 e. The van der Waals surface area contributed by atoms with Crippen LogP contribution in [0.3, 0.4) is 0 Å². The summed E-state index contributed by atoms with van der Waals surface area (Å²) in [6.45, 7) is 9.36. The number of nitrogens with zero attached hydrogens (tertiary/aromatic N) is 1. The highest BCUT2D eigenvalue weighted by Crippen LogP contribution is 2.49. The van der Waals surface area contributed by atoms with Crippen molar-refractivity contribution in [3.05, 3.63) is 46.5 Å². The van der Waals surface area contributed by atoms with Crippen LogP contribution in [0.15, 0.2) is 35.9 Å². The van der Waals surface area contributed by atoms with E-state index in [9.17, 15) is 14.4 Å². The van der Waals surface area contributed by atoms with E-state index in [0.717, 1.165) is 11.1 Å². The van der Waals surface area contributed by atoms with E-state index in [0.29, 0.717) is 29.3 Å². The third-order valence-electron chi connectivity index (χ3n) is 9.33. The van der Waals surface area contributed by atoms with Gasteiger partial charge in [-0.2, -0.15) is 0 Å². The lowest BCUT2D eigenvalue weighted by Gasteiger charge is -2.43. The molecule has 3 heterocycles. The van der Waals surface area contributed by atoms with Crippen LogP contribution in [-0.2, 0) is 35.0 Å². The van der Waals surface area contributed by atoms with Crippen LogP contribution in [0.25, 0.3) is 0 Å². The normalized spacial score (nSPS) is 34.8. The average molecular weight is 648 g/mol. The summed E-state index contributed by atoms with van der Waals surface area (Å²) in [4.78, 5) is 41.2. The molecule has 1 aromatic rings. The largest absolute Gasteiger partial charge is 0.495 e. The fraction of sp³-hybridized carbons (Fsp3) is 0.606. The predicted octanol–water partition coefficient (Wildman–Crippen LogP) is 4.35. The Morgan fingerprint density at radius 2 is 1.96 bits per heavy atom. The molecule has 0 aromatic heterocycles. The number of epoxide rings is 1. The number of likely N-dealkylation sites (N-methyl/N-ethyl adjacent to an activating group) is 1. The topological polar surface area (TPSA) is 128 Å². The number of allylic oxidation sites excluding steroid dienone is 3. The molecule has 3 aliphatic rings. The zero-order valence-electron chi connectivity index (χ0n) is 27.6. The summed E-state index contributed by atoms with van der Waals surface area (Å²) in [5, 5.41) is 6.13. The van der Waals surface area contributed by atoms with Gasteiger partial charge in [-0.05, 0) is 58.9 Å². The van der Waals surface area contributed by atoms with E-state index in [1.54, 1.807) is 28.1 Å². The SMILES string of the molecule is CN[C@@H](C)C(=O)O[C@H]1CC(=O)N(C)c2cc(cc(OC)c2Cl)C/C(C)=C/C=C/[C@@H](OC)[C@@]2(C)C[C@H](OC(=O)N2)[C@@H](C)[C@@H]2O[C@@]12C. The summed E-state index contributed by atoms with van der Waals surface area (Å²) in [5.74, 6) is -0.701. The summed E-state index contributed by atoms with van der Waals surface area (Å²) >= 11 is 6.72. The van der Waals surface area contributed by atoms with Crippen LogP contribution >= 0.6 is 11.6 Å². The van der Waals surface area contributed by atoms with Crippen molar-refractivity contribution in [2.75, 3.05) is 33.2 Å². The minimum absolute atomic E-state index is 0.167. The summed E-state index contributed by atoms with van der Waals surface area (Å²) in [6, 6.07) is 3.10. The quantitative estimate of drug-likeness (QED) is 0.354. The van der Waals surface area contributed by atoms with Gasteiger partial charge in [0.25, 0.3) is 0 Å². The van der Waals surface area contributed by atoms with Crippen molar-refractivity contribution >= 4 is 35.3 Å². The van der Waals surface area contributed by atoms with Gasteiger partial charge < -0.3 is 39.2 Å². The zero-order chi connectivity index (χ0) is 33.3. The fourth-order valence-electron chi connectivity index (χ4n) is 6.25. The number of hydrogen-bond acceptors (Lipinski definition) is 9. The number of ether oxygens (including phenoxy) is 5. The highest BCUT2D eigenvalue weighted by molar-refractivity contribution is 6.35. The number of carbonyl (C=O) groups excluding carboxylic acids is 3. The van der Waals surface area contributed by atoms with Crippen molar-refractivity contribution in [3.8, 4) is 5.75 Å². The van der Waals surface area contributed by atoms with E-state index >= 15 is 0 Å². The van der Waals surface area contributed by atoms with Crippen molar-refractivity contribution in [2.24, 2.45) is 5.92 Å². The van der Waals surface area contributed by atoms with Crippen molar-refractivity contribution < 1.29 is 38.1 Å². The first-order valence-electron chi connectivity index (χ1n) is 15.2. The molecule has 4 rings (SSSR count). The summed E-state index contributed by atoms with van der Waals surface area (Å²) in [6.07, 6.45) is 3.71. The van der Waals surface area contributed by atoms with Crippen LogP contribution < -0.4 is 20.3 Å². The Morgan fingerprint density at radius 1 is 1.24 bits per heavy atom. The van der Waals surface area contributed by atoms with Crippen molar-refractivity contribution in [2.45, 2.75) is 95.5 Å². The molecule has 0 aliphatic carbocycles. The third kappa shape index (κ3) is 7.32. The highest BCUT2D eigenvalue weighted by atomic mass is 35.5. The lowest BCUT2D eigenvalue weighted by atomic mass is 9.80. The molecule has 3 aliphatic heterocycles. The zero-order valence-corrected chi connectivity index (χ0v) is 28.3. The molecule has 0 saturated carbocycles. The number of anilines is 1. The molecule has 12 heteroatoms. The van der Waals surface area contributed by atoms with Crippen molar-refractivity contribution in [1.82, 2.24) is 10.6 Å². The maximum Gasteiger partial charge on any atom is 0.407 e. The Bertz CT molecular complexity index is 1370. The van der Waals surface area contributed by atoms with Crippen LogP contribution in [0.4, 0.5) is 10.5 Å². The molecule has 0 unspecified atom stereocenters. The van der Waals surface area contributed by atoms with Crippen LogP contribution in [-0.4, -0.2) is 87.9 Å². The molecule has 0 spiro atoms. The van der Waals surface area contributed by atoms with Gasteiger partial charge in [0.15, 0.2) is 0 Å². The van der Waals surface area contributed by atoms with E-state index in [2.05, 4.69) is 10.6 Å². The molecule has 4 bridgehead atoms. The number of amides is 2. The van der Waals surface area contributed by atoms with E-state index in [1.165, 1.54) is 12.0 Å². The second-order valence-corrected chi connectivity index (χ2v) is 13.1. The van der Waals surface area contributed by atoms with Gasteiger partial charge in [-0.3, -0.25) is 9.59 Å². The number of halogens is 1. The molecule has 45 heavy (non-hydrogen) atoms. The number of esters is 1. The number of fused-ring (bicyclic) bond motifs is 5. The van der Waals surface area contributed by atoms with Gasteiger partial charge in [0.1, 0.15) is 34.6 Å². The molecule has 2 saturated heterocycles. The first kappa shape index (κ1) is 34.7. The maximum atomic E-state index is 13.9.